The molecule has 0 bridgehead atoms. The number of phenols is 1. The highest BCUT2D eigenvalue weighted by molar-refractivity contribution is 5.96. The number of aromatic hydroxyl groups is 1. The molecule has 0 spiro atoms. The lowest BCUT2D eigenvalue weighted by Gasteiger charge is -2.03. The van der Waals surface area contributed by atoms with Crippen LogP contribution in [0.5, 0.6) is 5.75 Å². The maximum Gasteiger partial charge on any atom is 0.116 e. The molecule has 0 amide bonds. The highest BCUT2D eigenvalue weighted by Crippen LogP contribution is 2.29. The molecule has 0 fully saturated rings. The molecule has 1 aromatic carbocycles. The fourth-order valence-electron chi connectivity index (χ4n) is 1.81. The van der Waals surface area contributed by atoms with Gasteiger partial charge in [-0.1, -0.05) is 0 Å². The van der Waals surface area contributed by atoms with E-state index in [-0.39, 0.29) is 5.75 Å². The monoisotopic (exact) mass is 211 g/mol. The molecule has 3 heteroatoms. The summed E-state index contributed by atoms with van der Waals surface area (Å²) in [4.78, 5) is 4.16. The van der Waals surface area contributed by atoms with E-state index in [2.05, 4.69) is 4.98 Å². The standard InChI is InChI=1S/C13H9NO2/c15-11-1-2-12-10(5-11)6-14-7-13(12)9-3-4-16-8-9/h1-8,15H. The number of hydrogen-bond acceptors (Lipinski definition) is 3. The van der Waals surface area contributed by atoms with Crippen LogP contribution in [0.1, 0.15) is 0 Å². The van der Waals surface area contributed by atoms with Crippen LogP contribution in [-0.2, 0) is 0 Å². The number of fused-ring (bicyclic) bond motifs is 1. The SMILES string of the molecule is Oc1ccc2c(-c3ccoc3)cncc2c1. The maximum absolute atomic E-state index is 9.41. The largest absolute Gasteiger partial charge is 0.508 e. The summed E-state index contributed by atoms with van der Waals surface area (Å²) in [5, 5.41) is 11.4. The Morgan fingerprint density at radius 1 is 1.12 bits per heavy atom. The third-order valence-electron chi connectivity index (χ3n) is 2.57. The minimum Gasteiger partial charge on any atom is -0.508 e. The minimum atomic E-state index is 0.249. The molecule has 0 atom stereocenters. The van der Waals surface area contributed by atoms with Gasteiger partial charge in [0.15, 0.2) is 0 Å². The fraction of sp³-hybridized carbons (Fsp3) is 0. The van der Waals surface area contributed by atoms with E-state index in [1.165, 1.54) is 0 Å². The Kier molecular flexibility index (Phi) is 1.90. The van der Waals surface area contributed by atoms with Crippen LogP contribution in [0.2, 0.25) is 0 Å². The summed E-state index contributed by atoms with van der Waals surface area (Å²) in [6, 6.07) is 7.15. The molecule has 3 nitrogen and oxygen atoms in total. The number of nitrogens with zero attached hydrogens (tertiary/aromatic N) is 1. The molecule has 0 aliphatic carbocycles. The van der Waals surface area contributed by atoms with Gasteiger partial charge >= 0.3 is 0 Å². The second kappa shape index (κ2) is 3.38. The van der Waals surface area contributed by atoms with Gasteiger partial charge in [-0.3, -0.25) is 4.98 Å². The third-order valence-corrected chi connectivity index (χ3v) is 2.57. The zero-order chi connectivity index (χ0) is 11.0. The maximum atomic E-state index is 9.41. The van der Waals surface area contributed by atoms with Crippen LogP contribution in [0.3, 0.4) is 0 Å². The second-order valence-corrected chi connectivity index (χ2v) is 3.60. The Balaban J connectivity index is 2.34. The van der Waals surface area contributed by atoms with Gasteiger partial charge in [0.05, 0.1) is 12.5 Å². The van der Waals surface area contributed by atoms with Crippen molar-refractivity contribution in [1.29, 1.82) is 0 Å². The van der Waals surface area contributed by atoms with Crippen LogP contribution in [-0.4, -0.2) is 10.1 Å². The highest BCUT2D eigenvalue weighted by Gasteiger charge is 2.05. The van der Waals surface area contributed by atoms with Gasteiger partial charge < -0.3 is 9.52 Å². The number of hydrogen-bond donors (Lipinski definition) is 1. The summed E-state index contributed by atoms with van der Waals surface area (Å²) in [6.07, 6.45) is 6.85. The molecule has 3 aromatic rings. The molecule has 0 radical (unpaired) electrons. The molecule has 0 saturated carbocycles. The third kappa shape index (κ3) is 1.34. The lowest BCUT2D eigenvalue weighted by atomic mass is 10.0. The van der Waals surface area contributed by atoms with Gasteiger partial charge in [0.1, 0.15) is 5.75 Å². The molecule has 0 aliphatic heterocycles. The average molecular weight is 211 g/mol. The molecule has 16 heavy (non-hydrogen) atoms. The van der Waals surface area contributed by atoms with E-state index in [1.54, 1.807) is 37.1 Å². The second-order valence-electron chi connectivity index (χ2n) is 3.60. The Labute approximate surface area is 92.0 Å². The molecule has 78 valence electrons. The van der Waals surface area contributed by atoms with Crippen molar-refractivity contribution >= 4 is 10.8 Å². The smallest absolute Gasteiger partial charge is 0.116 e. The zero-order valence-electron chi connectivity index (χ0n) is 8.42. The van der Waals surface area contributed by atoms with E-state index >= 15 is 0 Å². The van der Waals surface area contributed by atoms with Crippen molar-refractivity contribution in [2.24, 2.45) is 0 Å². The number of phenolic OH excluding ortho intramolecular Hbond substituents is 1. The first-order valence-corrected chi connectivity index (χ1v) is 4.94. The van der Waals surface area contributed by atoms with Crippen molar-refractivity contribution in [3.8, 4) is 16.9 Å². The number of pyridine rings is 1. The number of aromatic nitrogens is 1. The van der Waals surface area contributed by atoms with Gasteiger partial charge in [0, 0.05) is 28.9 Å². The van der Waals surface area contributed by atoms with Gasteiger partial charge in [0.2, 0.25) is 0 Å². The number of furan rings is 1. The van der Waals surface area contributed by atoms with Crippen molar-refractivity contribution in [3.63, 3.8) is 0 Å². The predicted octanol–water partition coefficient (Wildman–Crippen LogP) is 3.20. The first-order chi connectivity index (χ1) is 7.84. The van der Waals surface area contributed by atoms with E-state index in [1.807, 2.05) is 12.1 Å². The topological polar surface area (TPSA) is 46.3 Å². The summed E-state index contributed by atoms with van der Waals surface area (Å²) in [6.45, 7) is 0. The van der Waals surface area contributed by atoms with E-state index in [0.717, 1.165) is 21.9 Å². The Bertz CT molecular complexity index is 629. The van der Waals surface area contributed by atoms with Crippen LogP contribution >= 0.6 is 0 Å². The Morgan fingerprint density at radius 2 is 2.06 bits per heavy atom. The molecular weight excluding hydrogens is 202 g/mol. The van der Waals surface area contributed by atoms with Crippen molar-refractivity contribution < 1.29 is 9.52 Å². The lowest BCUT2D eigenvalue weighted by Crippen LogP contribution is -1.81. The first-order valence-electron chi connectivity index (χ1n) is 4.94. The summed E-state index contributed by atoms with van der Waals surface area (Å²) >= 11 is 0. The summed E-state index contributed by atoms with van der Waals surface area (Å²) < 4.78 is 5.06. The van der Waals surface area contributed by atoms with Gasteiger partial charge in [-0.25, -0.2) is 0 Å². The van der Waals surface area contributed by atoms with Crippen LogP contribution in [0.25, 0.3) is 21.9 Å². The van der Waals surface area contributed by atoms with Crippen molar-refractivity contribution in [3.05, 3.63) is 49.2 Å². The molecule has 2 aromatic heterocycles. The van der Waals surface area contributed by atoms with E-state index in [0.29, 0.717) is 0 Å². The number of rotatable bonds is 1. The van der Waals surface area contributed by atoms with E-state index in [9.17, 15) is 5.11 Å². The molecule has 2 heterocycles. The van der Waals surface area contributed by atoms with Crippen LogP contribution in [0.4, 0.5) is 0 Å². The van der Waals surface area contributed by atoms with Crippen LogP contribution in [0.15, 0.2) is 53.6 Å². The molecule has 0 aliphatic rings. The highest BCUT2D eigenvalue weighted by atomic mass is 16.3. The van der Waals surface area contributed by atoms with Crippen LogP contribution < -0.4 is 0 Å². The Hall–Kier alpha value is -2.29. The van der Waals surface area contributed by atoms with E-state index in [4.69, 9.17) is 4.42 Å². The van der Waals surface area contributed by atoms with Gasteiger partial charge in [-0.2, -0.15) is 0 Å². The van der Waals surface area contributed by atoms with Gasteiger partial charge in [-0.15, -0.1) is 0 Å². The lowest BCUT2D eigenvalue weighted by molar-refractivity contribution is 0.476. The van der Waals surface area contributed by atoms with Crippen molar-refractivity contribution in [1.82, 2.24) is 4.98 Å². The molecule has 3 rings (SSSR count). The minimum absolute atomic E-state index is 0.249. The summed E-state index contributed by atoms with van der Waals surface area (Å²) in [5.41, 5.74) is 2.00. The summed E-state index contributed by atoms with van der Waals surface area (Å²) in [5.74, 6) is 0.249. The normalized spacial score (nSPS) is 10.8. The van der Waals surface area contributed by atoms with Gasteiger partial charge in [-0.05, 0) is 29.7 Å². The fourth-order valence-corrected chi connectivity index (χ4v) is 1.81. The molecule has 0 saturated heterocycles. The van der Waals surface area contributed by atoms with Gasteiger partial charge in [0.25, 0.3) is 0 Å². The quantitative estimate of drug-likeness (QED) is 0.672. The summed E-state index contributed by atoms with van der Waals surface area (Å²) in [7, 11) is 0. The van der Waals surface area contributed by atoms with Crippen molar-refractivity contribution in [2.45, 2.75) is 0 Å². The number of benzene rings is 1. The zero-order valence-corrected chi connectivity index (χ0v) is 8.42. The predicted molar refractivity (Wildman–Crippen MR) is 61.1 cm³/mol. The van der Waals surface area contributed by atoms with Crippen LogP contribution in [0, 0.1) is 0 Å². The van der Waals surface area contributed by atoms with E-state index < -0.39 is 0 Å². The molecule has 0 unspecified atom stereocenters. The van der Waals surface area contributed by atoms with Crippen molar-refractivity contribution in [2.75, 3.05) is 0 Å². The first kappa shape index (κ1) is 8.97. The average Bonchev–Trinajstić information content (AvgIpc) is 2.81. The molecular formula is C13H9NO2. The Morgan fingerprint density at radius 3 is 2.88 bits per heavy atom. The molecule has 1 N–H and O–H groups in total.